The summed E-state index contributed by atoms with van der Waals surface area (Å²) in [5, 5.41) is 15.4. The molecule has 4 nitrogen and oxygen atoms in total. The molecule has 2 aromatic rings. The summed E-state index contributed by atoms with van der Waals surface area (Å²) in [5.74, 6) is 0.839. The average Bonchev–Trinajstić information content (AvgIpc) is 3.19. The Hall–Kier alpha value is -1.85. The van der Waals surface area contributed by atoms with Gasteiger partial charge in [0.25, 0.3) is 0 Å². The molecule has 1 atom stereocenters. The van der Waals surface area contributed by atoms with E-state index in [0.717, 1.165) is 22.0 Å². The Bertz CT molecular complexity index is 711. The van der Waals surface area contributed by atoms with E-state index in [-0.39, 0.29) is 0 Å². The van der Waals surface area contributed by atoms with Gasteiger partial charge in [-0.15, -0.1) is 11.3 Å². The maximum atomic E-state index is 11.9. The van der Waals surface area contributed by atoms with Crippen molar-refractivity contribution in [1.82, 2.24) is 5.32 Å². The third-order valence-corrected chi connectivity index (χ3v) is 6.32. The van der Waals surface area contributed by atoms with Gasteiger partial charge in [0.15, 0.2) is 0 Å². The van der Waals surface area contributed by atoms with Crippen LogP contribution in [0, 0.1) is 5.92 Å². The van der Waals surface area contributed by atoms with Gasteiger partial charge in [-0.1, -0.05) is 56.4 Å². The number of hydrogen-bond donors (Lipinski definition) is 2. The third kappa shape index (κ3) is 5.81. The van der Waals surface area contributed by atoms with Crippen LogP contribution in [0.1, 0.15) is 55.9 Å². The summed E-state index contributed by atoms with van der Waals surface area (Å²) in [7, 11) is 0. The van der Waals surface area contributed by atoms with Gasteiger partial charge in [-0.05, 0) is 42.3 Å². The minimum Gasteiger partial charge on any atom is -0.465 e. The molecule has 0 aliphatic heterocycles. The van der Waals surface area contributed by atoms with Crippen molar-refractivity contribution in [2.45, 2.75) is 64.6 Å². The van der Waals surface area contributed by atoms with Crippen LogP contribution in [0.2, 0.25) is 0 Å². The SMILES string of the molecule is C[C@@H](CC1CCCCC1)NCc1ccccc1N(Cc1cccs1)C(=O)O. The molecule has 1 heterocycles. The van der Waals surface area contributed by atoms with Crippen LogP contribution >= 0.6 is 11.3 Å². The molecule has 5 heteroatoms. The van der Waals surface area contributed by atoms with Crippen molar-refractivity contribution in [3.8, 4) is 0 Å². The van der Waals surface area contributed by atoms with Crippen molar-refractivity contribution in [2.75, 3.05) is 4.90 Å². The summed E-state index contributed by atoms with van der Waals surface area (Å²) in [4.78, 5) is 14.4. The van der Waals surface area contributed by atoms with Crippen LogP contribution in [-0.4, -0.2) is 17.2 Å². The summed E-state index contributed by atoms with van der Waals surface area (Å²) >= 11 is 1.59. The summed E-state index contributed by atoms with van der Waals surface area (Å²) < 4.78 is 0. The maximum absolute atomic E-state index is 11.9. The summed E-state index contributed by atoms with van der Waals surface area (Å²) in [6.45, 7) is 3.33. The lowest BCUT2D eigenvalue weighted by Gasteiger charge is -2.26. The third-order valence-electron chi connectivity index (χ3n) is 5.46. The first-order chi connectivity index (χ1) is 13.1. The molecule has 27 heavy (non-hydrogen) atoms. The number of nitrogens with zero attached hydrogens (tertiary/aromatic N) is 1. The summed E-state index contributed by atoms with van der Waals surface area (Å²) in [6.07, 6.45) is 7.14. The van der Waals surface area contributed by atoms with Crippen LogP contribution in [0.15, 0.2) is 41.8 Å². The highest BCUT2D eigenvalue weighted by atomic mass is 32.1. The molecule has 0 spiro atoms. The monoisotopic (exact) mass is 386 g/mol. The lowest BCUT2D eigenvalue weighted by molar-refractivity contribution is 0.201. The number of anilines is 1. The van der Waals surface area contributed by atoms with E-state index in [9.17, 15) is 9.90 Å². The van der Waals surface area contributed by atoms with Crippen LogP contribution in [0.4, 0.5) is 10.5 Å². The van der Waals surface area contributed by atoms with Gasteiger partial charge in [-0.2, -0.15) is 0 Å². The molecule has 1 aliphatic carbocycles. The molecular formula is C22H30N2O2S. The Morgan fingerprint density at radius 2 is 2.00 bits per heavy atom. The van der Waals surface area contributed by atoms with E-state index in [2.05, 4.69) is 12.2 Å². The predicted molar refractivity (Wildman–Crippen MR) is 112 cm³/mol. The zero-order chi connectivity index (χ0) is 19.1. The van der Waals surface area contributed by atoms with Crippen LogP contribution in [-0.2, 0) is 13.1 Å². The van der Waals surface area contributed by atoms with Gasteiger partial charge < -0.3 is 10.4 Å². The molecule has 0 bridgehead atoms. The normalized spacial score (nSPS) is 16.2. The average molecular weight is 387 g/mol. The Kier molecular flexibility index (Phi) is 7.30. The number of hydrogen-bond acceptors (Lipinski definition) is 3. The van der Waals surface area contributed by atoms with Gasteiger partial charge in [-0.3, -0.25) is 4.90 Å². The van der Waals surface area contributed by atoms with Crippen molar-refractivity contribution in [1.29, 1.82) is 0 Å². The molecule has 1 aromatic heterocycles. The van der Waals surface area contributed by atoms with Gasteiger partial charge in [-0.25, -0.2) is 4.79 Å². The fourth-order valence-corrected chi connectivity index (χ4v) is 4.72. The van der Waals surface area contributed by atoms with E-state index < -0.39 is 6.09 Å². The van der Waals surface area contributed by atoms with Gasteiger partial charge in [0.05, 0.1) is 12.2 Å². The fourth-order valence-electron chi connectivity index (χ4n) is 4.03. The van der Waals surface area contributed by atoms with Gasteiger partial charge in [0, 0.05) is 17.5 Å². The largest absolute Gasteiger partial charge is 0.465 e. The van der Waals surface area contributed by atoms with Gasteiger partial charge in [0.2, 0.25) is 0 Å². The molecule has 1 aromatic carbocycles. The molecule has 1 amide bonds. The Labute approximate surface area is 166 Å². The smallest absolute Gasteiger partial charge is 0.412 e. The predicted octanol–water partition coefficient (Wildman–Crippen LogP) is 5.88. The second kappa shape index (κ2) is 9.90. The van der Waals surface area contributed by atoms with E-state index in [1.807, 2.05) is 41.8 Å². The first-order valence-electron chi connectivity index (χ1n) is 9.97. The zero-order valence-corrected chi connectivity index (χ0v) is 16.9. The van der Waals surface area contributed by atoms with Gasteiger partial charge in [0.1, 0.15) is 0 Å². The van der Waals surface area contributed by atoms with Crippen molar-refractivity contribution in [3.05, 3.63) is 52.2 Å². The molecule has 1 aliphatic rings. The molecule has 2 N–H and O–H groups in total. The van der Waals surface area contributed by atoms with Crippen LogP contribution in [0.25, 0.3) is 0 Å². The van der Waals surface area contributed by atoms with Crippen molar-refractivity contribution >= 4 is 23.1 Å². The van der Waals surface area contributed by atoms with Crippen LogP contribution in [0.5, 0.6) is 0 Å². The first kappa shape index (κ1) is 19.9. The molecule has 0 saturated heterocycles. The quantitative estimate of drug-likeness (QED) is 0.595. The standard InChI is InChI=1S/C22H30N2O2S/c1-17(14-18-8-3-2-4-9-18)23-15-19-10-5-6-12-21(19)24(22(25)26)16-20-11-7-13-27-20/h5-7,10-13,17-18,23H,2-4,8-9,14-16H2,1H3,(H,25,26)/t17-/m0/s1. The summed E-state index contributed by atoms with van der Waals surface area (Å²) in [5.41, 5.74) is 1.81. The van der Waals surface area contributed by atoms with E-state index in [1.54, 1.807) is 11.3 Å². The molecule has 146 valence electrons. The molecule has 0 unspecified atom stereocenters. The van der Waals surface area contributed by atoms with Crippen molar-refractivity contribution in [3.63, 3.8) is 0 Å². The lowest BCUT2D eigenvalue weighted by Crippen LogP contribution is -2.32. The number of amides is 1. The molecule has 1 saturated carbocycles. The highest BCUT2D eigenvalue weighted by Crippen LogP contribution is 2.28. The fraction of sp³-hybridized carbons (Fsp3) is 0.500. The number of para-hydroxylation sites is 1. The maximum Gasteiger partial charge on any atom is 0.412 e. The van der Waals surface area contributed by atoms with Crippen molar-refractivity contribution < 1.29 is 9.90 Å². The van der Waals surface area contributed by atoms with Crippen LogP contribution in [0.3, 0.4) is 0 Å². The number of rotatable bonds is 8. The Balaban J connectivity index is 1.64. The molecule has 1 fully saturated rings. The van der Waals surface area contributed by atoms with E-state index >= 15 is 0 Å². The molecule has 3 rings (SSSR count). The minimum absolute atomic E-state index is 0.391. The Morgan fingerprint density at radius 1 is 1.22 bits per heavy atom. The van der Waals surface area contributed by atoms with Crippen molar-refractivity contribution in [2.24, 2.45) is 5.92 Å². The second-order valence-electron chi connectivity index (χ2n) is 7.60. The first-order valence-corrected chi connectivity index (χ1v) is 10.9. The molecular weight excluding hydrogens is 356 g/mol. The highest BCUT2D eigenvalue weighted by molar-refractivity contribution is 7.09. The molecule has 0 radical (unpaired) electrons. The minimum atomic E-state index is -0.911. The summed E-state index contributed by atoms with van der Waals surface area (Å²) in [6, 6.07) is 12.2. The number of benzene rings is 1. The number of thiophene rings is 1. The van der Waals surface area contributed by atoms with E-state index in [4.69, 9.17) is 0 Å². The number of carboxylic acid groups (broad SMARTS) is 1. The highest BCUT2D eigenvalue weighted by Gasteiger charge is 2.20. The van der Waals surface area contributed by atoms with Crippen LogP contribution < -0.4 is 10.2 Å². The van der Waals surface area contributed by atoms with Gasteiger partial charge >= 0.3 is 6.09 Å². The number of nitrogens with one attached hydrogen (secondary N) is 1. The van der Waals surface area contributed by atoms with E-state index in [0.29, 0.717) is 19.1 Å². The topological polar surface area (TPSA) is 52.6 Å². The lowest BCUT2D eigenvalue weighted by atomic mass is 9.85. The number of carbonyl (C=O) groups is 1. The Morgan fingerprint density at radius 3 is 2.70 bits per heavy atom. The zero-order valence-electron chi connectivity index (χ0n) is 16.1. The second-order valence-corrected chi connectivity index (χ2v) is 8.63. The van der Waals surface area contributed by atoms with E-state index in [1.165, 1.54) is 43.4 Å².